The lowest BCUT2D eigenvalue weighted by Gasteiger charge is -2.04. The predicted molar refractivity (Wildman–Crippen MR) is 73.8 cm³/mol. The van der Waals surface area contributed by atoms with Gasteiger partial charge in [-0.15, -0.1) is 10.2 Å². The summed E-state index contributed by atoms with van der Waals surface area (Å²) < 4.78 is 7.41. The summed E-state index contributed by atoms with van der Waals surface area (Å²) in [5.74, 6) is 1.51. The highest BCUT2D eigenvalue weighted by Crippen LogP contribution is 2.24. The van der Waals surface area contributed by atoms with Crippen LogP contribution in [0, 0.1) is 0 Å². The third-order valence-corrected chi connectivity index (χ3v) is 3.79. The standard InChI is InChI=1S/C12H11ClN4OS/c1-2-10-14-15-12-17(10)16-11(19-12)7-18-9-6-4-3-5-8(9)13/h3-6H,2,7H2,1H3. The summed E-state index contributed by atoms with van der Waals surface area (Å²) in [7, 11) is 0. The Labute approximate surface area is 118 Å². The summed E-state index contributed by atoms with van der Waals surface area (Å²) >= 11 is 7.49. The molecule has 19 heavy (non-hydrogen) atoms. The molecular weight excluding hydrogens is 284 g/mol. The van der Waals surface area contributed by atoms with Crippen LogP contribution in [0.1, 0.15) is 17.8 Å². The Balaban J connectivity index is 1.78. The van der Waals surface area contributed by atoms with Crippen LogP contribution in [0.2, 0.25) is 5.02 Å². The smallest absolute Gasteiger partial charge is 0.234 e. The Kier molecular flexibility index (Phi) is 3.35. The summed E-state index contributed by atoms with van der Waals surface area (Å²) in [6.07, 6.45) is 0.801. The van der Waals surface area contributed by atoms with Crippen molar-refractivity contribution >= 4 is 27.9 Å². The first-order chi connectivity index (χ1) is 9.28. The average molecular weight is 295 g/mol. The molecule has 2 aromatic heterocycles. The second-order valence-corrected chi connectivity index (χ2v) is 5.33. The van der Waals surface area contributed by atoms with Crippen LogP contribution in [0.15, 0.2) is 24.3 Å². The van der Waals surface area contributed by atoms with Gasteiger partial charge in [0.15, 0.2) is 10.8 Å². The molecule has 0 saturated heterocycles. The van der Waals surface area contributed by atoms with E-state index in [1.54, 1.807) is 10.6 Å². The van der Waals surface area contributed by atoms with Crippen LogP contribution < -0.4 is 4.74 Å². The van der Waals surface area contributed by atoms with E-state index in [0.29, 0.717) is 17.4 Å². The average Bonchev–Trinajstić information content (AvgIpc) is 2.97. The van der Waals surface area contributed by atoms with Crippen molar-refractivity contribution in [2.24, 2.45) is 0 Å². The van der Waals surface area contributed by atoms with Crippen molar-refractivity contribution in [1.82, 2.24) is 19.8 Å². The van der Waals surface area contributed by atoms with E-state index in [-0.39, 0.29) is 0 Å². The fourth-order valence-electron chi connectivity index (χ4n) is 1.68. The molecule has 0 radical (unpaired) electrons. The van der Waals surface area contributed by atoms with Gasteiger partial charge in [0.1, 0.15) is 12.4 Å². The monoisotopic (exact) mass is 294 g/mol. The van der Waals surface area contributed by atoms with Gasteiger partial charge in [0.05, 0.1) is 5.02 Å². The van der Waals surface area contributed by atoms with Crippen molar-refractivity contribution in [1.29, 1.82) is 0 Å². The topological polar surface area (TPSA) is 52.3 Å². The van der Waals surface area contributed by atoms with Gasteiger partial charge in [-0.1, -0.05) is 42.0 Å². The van der Waals surface area contributed by atoms with Crippen molar-refractivity contribution in [2.75, 3.05) is 0 Å². The lowest BCUT2D eigenvalue weighted by Crippen LogP contribution is -1.98. The first-order valence-electron chi connectivity index (χ1n) is 5.85. The number of fused-ring (bicyclic) bond motifs is 1. The molecule has 0 N–H and O–H groups in total. The van der Waals surface area contributed by atoms with E-state index in [1.807, 2.05) is 25.1 Å². The molecule has 2 heterocycles. The molecule has 0 bridgehead atoms. The summed E-state index contributed by atoms with van der Waals surface area (Å²) in [6.45, 7) is 2.40. The zero-order valence-corrected chi connectivity index (χ0v) is 11.8. The Morgan fingerprint density at radius 2 is 2.16 bits per heavy atom. The van der Waals surface area contributed by atoms with Crippen molar-refractivity contribution in [2.45, 2.75) is 20.0 Å². The van der Waals surface area contributed by atoms with Gasteiger partial charge < -0.3 is 4.74 Å². The quantitative estimate of drug-likeness (QED) is 0.742. The van der Waals surface area contributed by atoms with E-state index in [1.165, 1.54) is 11.3 Å². The summed E-state index contributed by atoms with van der Waals surface area (Å²) in [5, 5.41) is 14.0. The Bertz CT molecular complexity index is 709. The van der Waals surface area contributed by atoms with Crippen molar-refractivity contribution < 1.29 is 4.74 Å². The van der Waals surface area contributed by atoms with E-state index in [2.05, 4.69) is 15.3 Å². The molecule has 1 aromatic carbocycles. The molecule has 0 amide bonds. The SMILES string of the molecule is CCc1nnc2sc(COc3ccccc3Cl)nn12. The molecule has 0 saturated carbocycles. The number of para-hydroxylation sites is 1. The van der Waals surface area contributed by atoms with Crippen molar-refractivity contribution in [3.05, 3.63) is 40.1 Å². The van der Waals surface area contributed by atoms with Gasteiger partial charge in [-0.25, -0.2) is 0 Å². The van der Waals surface area contributed by atoms with E-state index in [0.717, 1.165) is 22.2 Å². The number of halogens is 1. The van der Waals surface area contributed by atoms with Crippen LogP contribution in [0.4, 0.5) is 0 Å². The summed E-state index contributed by atoms with van der Waals surface area (Å²) in [5.41, 5.74) is 0. The van der Waals surface area contributed by atoms with Crippen molar-refractivity contribution in [3.63, 3.8) is 0 Å². The fourth-order valence-corrected chi connectivity index (χ4v) is 2.63. The zero-order chi connectivity index (χ0) is 13.2. The van der Waals surface area contributed by atoms with Gasteiger partial charge in [-0.3, -0.25) is 0 Å². The van der Waals surface area contributed by atoms with Gasteiger partial charge in [0, 0.05) is 6.42 Å². The third kappa shape index (κ3) is 2.41. The van der Waals surface area contributed by atoms with E-state index < -0.39 is 0 Å². The van der Waals surface area contributed by atoms with Gasteiger partial charge in [0.2, 0.25) is 4.96 Å². The minimum absolute atomic E-state index is 0.376. The number of aromatic nitrogens is 4. The Hall–Kier alpha value is -1.66. The molecule has 7 heteroatoms. The molecule has 98 valence electrons. The highest BCUT2D eigenvalue weighted by molar-refractivity contribution is 7.16. The molecule has 0 aliphatic rings. The number of hydrogen-bond acceptors (Lipinski definition) is 5. The maximum Gasteiger partial charge on any atom is 0.234 e. The molecule has 0 aliphatic carbocycles. The molecule has 0 unspecified atom stereocenters. The second kappa shape index (κ2) is 5.14. The highest BCUT2D eigenvalue weighted by Gasteiger charge is 2.11. The lowest BCUT2D eigenvalue weighted by atomic mass is 10.3. The minimum atomic E-state index is 0.376. The van der Waals surface area contributed by atoms with Gasteiger partial charge in [-0.05, 0) is 12.1 Å². The number of hydrogen-bond donors (Lipinski definition) is 0. The molecule has 3 rings (SSSR count). The maximum atomic E-state index is 6.03. The van der Waals surface area contributed by atoms with Gasteiger partial charge >= 0.3 is 0 Å². The largest absolute Gasteiger partial charge is 0.485 e. The second-order valence-electron chi connectivity index (χ2n) is 3.88. The van der Waals surface area contributed by atoms with Crippen molar-refractivity contribution in [3.8, 4) is 5.75 Å². The number of aryl methyl sites for hydroxylation is 1. The number of ether oxygens (including phenoxy) is 1. The lowest BCUT2D eigenvalue weighted by molar-refractivity contribution is 0.304. The molecule has 0 spiro atoms. The van der Waals surface area contributed by atoms with Crippen LogP contribution in [0.3, 0.4) is 0 Å². The van der Waals surface area contributed by atoms with Crippen LogP contribution >= 0.6 is 22.9 Å². The number of nitrogens with zero attached hydrogens (tertiary/aromatic N) is 4. The van der Waals surface area contributed by atoms with E-state index >= 15 is 0 Å². The third-order valence-electron chi connectivity index (χ3n) is 2.60. The van der Waals surface area contributed by atoms with E-state index in [4.69, 9.17) is 16.3 Å². The first-order valence-corrected chi connectivity index (χ1v) is 7.04. The van der Waals surface area contributed by atoms with Crippen LogP contribution in [0.25, 0.3) is 4.96 Å². The molecule has 3 aromatic rings. The Morgan fingerprint density at radius 1 is 1.32 bits per heavy atom. The molecule has 0 atom stereocenters. The molecule has 0 aliphatic heterocycles. The minimum Gasteiger partial charge on any atom is -0.485 e. The molecular formula is C12H11ClN4OS. The number of benzene rings is 1. The fraction of sp³-hybridized carbons (Fsp3) is 0.250. The first kappa shape index (κ1) is 12.4. The van der Waals surface area contributed by atoms with Gasteiger partial charge in [0.25, 0.3) is 0 Å². The Morgan fingerprint density at radius 3 is 2.95 bits per heavy atom. The van der Waals surface area contributed by atoms with E-state index in [9.17, 15) is 0 Å². The maximum absolute atomic E-state index is 6.03. The van der Waals surface area contributed by atoms with Gasteiger partial charge in [-0.2, -0.15) is 9.61 Å². The summed E-state index contributed by atoms with van der Waals surface area (Å²) in [6, 6.07) is 7.38. The molecule has 0 fully saturated rings. The zero-order valence-electron chi connectivity index (χ0n) is 10.2. The van der Waals surface area contributed by atoms with Crippen LogP contribution in [-0.2, 0) is 13.0 Å². The number of rotatable bonds is 4. The van der Waals surface area contributed by atoms with Crippen LogP contribution in [-0.4, -0.2) is 19.8 Å². The van der Waals surface area contributed by atoms with Crippen LogP contribution in [0.5, 0.6) is 5.75 Å². The normalized spacial score (nSPS) is 11.1. The highest BCUT2D eigenvalue weighted by atomic mass is 35.5. The summed E-state index contributed by atoms with van der Waals surface area (Å²) in [4.78, 5) is 0.787. The predicted octanol–water partition coefficient (Wildman–Crippen LogP) is 2.98. The molecule has 5 nitrogen and oxygen atoms in total.